The van der Waals surface area contributed by atoms with Crippen LogP contribution in [0, 0.1) is 0 Å². The predicted octanol–water partition coefficient (Wildman–Crippen LogP) is -0.539. The number of aliphatic hydroxyl groups excluding tert-OH is 4. The Kier molecular flexibility index (Phi) is 5.78. The molecule has 8 N–H and O–H groups in total. The van der Waals surface area contributed by atoms with Gasteiger partial charge in [-0.25, -0.2) is 0 Å². The van der Waals surface area contributed by atoms with E-state index in [1.54, 1.807) is 0 Å². The van der Waals surface area contributed by atoms with Gasteiger partial charge in [-0.3, -0.25) is 4.79 Å². The second kappa shape index (κ2) is 8.42. The van der Waals surface area contributed by atoms with Crippen molar-refractivity contribution >= 4 is 11.0 Å². The van der Waals surface area contributed by atoms with Crippen LogP contribution in [-0.4, -0.2) is 78.2 Å². The zero-order chi connectivity index (χ0) is 24.0. The molecule has 5 atom stereocenters. The summed E-state index contributed by atoms with van der Waals surface area (Å²) in [4.78, 5) is 12.5. The quantitative estimate of drug-likeness (QED) is 0.245. The molecular weight excluding hydrogens is 444 g/mol. The topological polar surface area (TPSA) is 211 Å². The van der Waals surface area contributed by atoms with E-state index in [-0.39, 0.29) is 33.8 Å². The fourth-order valence-electron chi connectivity index (χ4n) is 3.52. The highest BCUT2D eigenvalue weighted by atomic mass is 16.7. The van der Waals surface area contributed by atoms with Crippen molar-refractivity contribution in [3.05, 3.63) is 40.6 Å². The molecule has 0 saturated carbocycles. The minimum atomic E-state index is -1.70. The molecule has 2 aromatic carbocycles. The summed E-state index contributed by atoms with van der Waals surface area (Å²) in [5.41, 5.74) is -1.16. The highest BCUT2D eigenvalue weighted by Crippen LogP contribution is 2.39. The van der Waals surface area contributed by atoms with Crippen LogP contribution in [0.5, 0.6) is 28.7 Å². The Labute approximate surface area is 184 Å². The molecule has 0 bridgehead atoms. The average Bonchev–Trinajstić information content (AvgIpc) is 2.77. The third kappa shape index (κ3) is 3.90. The Hall–Kier alpha value is -3.55. The van der Waals surface area contributed by atoms with E-state index in [9.17, 15) is 45.6 Å². The van der Waals surface area contributed by atoms with Gasteiger partial charge >= 0.3 is 0 Å². The predicted molar refractivity (Wildman–Crippen MR) is 109 cm³/mol. The number of phenolic OH excluding ortho intramolecular Hbond substituents is 3. The van der Waals surface area contributed by atoms with Crippen molar-refractivity contribution in [2.24, 2.45) is 0 Å². The first-order chi connectivity index (χ1) is 15.6. The van der Waals surface area contributed by atoms with Gasteiger partial charge in [0.2, 0.25) is 17.5 Å². The molecule has 0 radical (unpaired) electrons. The Balaban J connectivity index is 1.68. The fraction of sp³-hybridized carbons (Fsp3) is 0.286. The molecule has 1 saturated heterocycles. The van der Waals surface area contributed by atoms with E-state index in [2.05, 4.69) is 0 Å². The molecule has 1 aromatic heterocycles. The second-order valence-electron chi connectivity index (χ2n) is 7.44. The SMILES string of the molecule is O=c1c(O)c(-c2ccc(O[C@H]3O[C@H](CO)[C@H](O)[C@@H](O)[C@H]3O)c(O)c2)oc2cc(O)cc(O)c12. The Morgan fingerprint density at radius 2 is 1.64 bits per heavy atom. The number of rotatable bonds is 4. The van der Waals surface area contributed by atoms with E-state index in [4.69, 9.17) is 13.9 Å². The van der Waals surface area contributed by atoms with Crippen molar-refractivity contribution in [1.82, 2.24) is 0 Å². The van der Waals surface area contributed by atoms with Crippen LogP contribution < -0.4 is 10.2 Å². The molecule has 0 aliphatic carbocycles. The molecule has 1 aliphatic rings. The number of hydrogen-bond acceptors (Lipinski definition) is 12. The normalized spacial score (nSPS) is 25.3. The lowest BCUT2D eigenvalue weighted by molar-refractivity contribution is -0.277. The zero-order valence-electron chi connectivity index (χ0n) is 16.7. The van der Waals surface area contributed by atoms with E-state index in [0.717, 1.165) is 18.2 Å². The first-order valence-corrected chi connectivity index (χ1v) is 9.64. The Bertz CT molecular complexity index is 1250. The Morgan fingerprint density at radius 1 is 0.909 bits per heavy atom. The van der Waals surface area contributed by atoms with Gasteiger partial charge in [0.1, 0.15) is 46.9 Å². The van der Waals surface area contributed by atoms with Crippen LogP contribution in [0.25, 0.3) is 22.3 Å². The van der Waals surface area contributed by atoms with Gasteiger partial charge in [-0.1, -0.05) is 0 Å². The molecule has 4 rings (SSSR count). The number of aliphatic hydroxyl groups is 4. The molecular formula is C21H20O12. The number of hydrogen-bond donors (Lipinski definition) is 8. The number of fused-ring (bicyclic) bond motifs is 1. The number of ether oxygens (including phenoxy) is 2. The van der Waals surface area contributed by atoms with Crippen LogP contribution in [0.2, 0.25) is 0 Å². The maximum atomic E-state index is 12.5. The minimum Gasteiger partial charge on any atom is -0.508 e. The van der Waals surface area contributed by atoms with Crippen molar-refractivity contribution in [3.63, 3.8) is 0 Å². The van der Waals surface area contributed by atoms with Crippen LogP contribution in [0.4, 0.5) is 0 Å². The van der Waals surface area contributed by atoms with E-state index >= 15 is 0 Å². The molecule has 2 heterocycles. The molecule has 1 fully saturated rings. The van der Waals surface area contributed by atoms with Crippen molar-refractivity contribution in [3.8, 4) is 40.1 Å². The summed E-state index contributed by atoms with van der Waals surface area (Å²) in [6.45, 7) is -0.666. The number of benzene rings is 2. The highest BCUT2D eigenvalue weighted by molar-refractivity contribution is 5.88. The van der Waals surface area contributed by atoms with Gasteiger partial charge < -0.3 is 54.7 Å². The van der Waals surface area contributed by atoms with Gasteiger partial charge in [-0.2, -0.15) is 0 Å². The summed E-state index contributed by atoms with van der Waals surface area (Å²) >= 11 is 0. The van der Waals surface area contributed by atoms with E-state index < -0.39 is 60.0 Å². The molecule has 12 nitrogen and oxygen atoms in total. The number of aromatic hydroxyl groups is 4. The van der Waals surface area contributed by atoms with Crippen molar-refractivity contribution in [2.75, 3.05) is 6.61 Å². The number of phenols is 3. The first kappa shape index (κ1) is 22.6. The summed E-state index contributed by atoms with van der Waals surface area (Å²) in [6, 6.07) is 5.51. The molecule has 33 heavy (non-hydrogen) atoms. The van der Waals surface area contributed by atoms with E-state index in [0.29, 0.717) is 0 Å². The maximum Gasteiger partial charge on any atom is 0.238 e. The van der Waals surface area contributed by atoms with Crippen LogP contribution >= 0.6 is 0 Å². The van der Waals surface area contributed by atoms with Gasteiger partial charge in [-0.05, 0) is 18.2 Å². The van der Waals surface area contributed by atoms with Crippen LogP contribution in [0.1, 0.15) is 0 Å². The standard InChI is InChI=1S/C21H20O12/c22-6-13-15(26)17(28)19(30)21(33-13)32-11-2-1-7(3-9(11)24)20-18(29)16(27)14-10(25)4-8(23)5-12(14)31-20/h1-5,13,15,17,19,21-26,28-30H,6H2/t13-,15+,17-,19-,21+/m1/s1. The lowest BCUT2D eigenvalue weighted by Crippen LogP contribution is -2.60. The lowest BCUT2D eigenvalue weighted by Gasteiger charge is -2.39. The molecule has 176 valence electrons. The van der Waals surface area contributed by atoms with Gasteiger partial charge in [0.25, 0.3) is 0 Å². The van der Waals surface area contributed by atoms with Gasteiger partial charge in [-0.15, -0.1) is 0 Å². The van der Waals surface area contributed by atoms with E-state index in [1.165, 1.54) is 12.1 Å². The largest absolute Gasteiger partial charge is 0.508 e. The van der Waals surface area contributed by atoms with Crippen molar-refractivity contribution < 1.29 is 54.7 Å². The van der Waals surface area contributed by atoms with Crippen LogP contribution in [0.3, 0.4) is 0 Å². The minimum absolute atomic E-state index is 0.0213. The van der Waals surface area contributed by atoms with Crippen molar-refractivity contribution in [2.45, 2.75) is 30.7 Å². The smallest absolute Gasteiger partial charge is 0.238 e. The van der Waals surface area contributed by atoms with Gasteiger partial charge in [0.05, 0.1) is 6.61 Å². The zero-order valence-corrected chi connectivity index (χ0v) is 16.7. The van der Waals surface area contributed by atoms with E-state index in [1.807, 2.05) is 0 Å². The summed E-state index contributed by atoms with van der Waals surface area (Å²) < 4.78 is 16.1. The third-order valence-electron chi connectivity index (χ3n) is 5.25. The second-order valence-corrected chi connectivity index (χ2v) is 7.44. The third-order valence-corrected chi connectivity index (χ3v) is 5.25. The monoisotopic (exact) mass is 464 g/mol. The summed E-state index contributed by atoms with van der Waals surface area (Å²) in [5.74, 6) is -2.97. The molecule has 0 unspecified atom stereocenters. The summed E-state index contributed by atoms with van der Waals surface area (Å²) in [6.07, 6.45) is -7.73. The fourth-order valence-corrected chi connectivity index (χ4v) is 3.52. The van der Waals surface area contributed by atoms with Gasteiger partial charge in [0.15, 0.2) is 17.3 Å². The van der Waals surface area contributed by atoms with Crippen LogP contribution in [0.15, 0.2) is 39.5 Å². The molecule has 0 spiro atoms. The molecule has 3 aromatic rings. The highest BCUT2D eigenvalue weighted by Gasteiger charge is 2.45. The first-order valence-electron chi connectivity index (χ1n) is 9.64. The lowest BCUT2D eigenvalue weighted by atomic mass is 9.99. The van der Waals surface area contributed by atoms with Crippen LogP contribution in [-0.2, 0) is 4.74 Å². The molecule has 0 amide bonds. The average molecular weight is 464 g/mol. The maximum absolute atomic E-state index is 12.5. The Morgan fingerprint density at radius 3 is 2.30 bits per heavy atom. The molecule has 12 heteroatoms. The summed E-state index contributed by atoms with van der Waals surface area (Å²) in [5, 5.41) is 78.8. The van der Waals surface area contributed by atoms with Crippen molar-refractivity contribution in [1.29, 1.82) is 0 Å². The summed E-state index contributed by atoms with van der Waals surface area (Å²) in [7, 11) is 0. The molecule has 1 aliphatic heterocycles. The van der Waals surface area contributed by atoms with Gasteiger partial charge in [0, 0.05) is 17.7 Å².